The summed E-state index contributed by atoms with van der Waals surface area (Å²) in [5.74, 6) is 1.98. The van der Waals surface area contributed by atoms with Crippen molar-refractivity contribution in [2.24, 2.45) is 0 Å². The van der Waals surface area contributed by atoms with Gasteiger partial charge in [-0.05, 0) is 24.3 Å². The monoisotopic (exact) mass is 537 g/mol. The largest absolute Gasteiger partial charge is 0.496 e. The Bertz CT molecular complexity index is 1490. The number of nitrogens with one attached hydrogen (secondary N) is 2. The molecule has 2 aromatic heterocycles. The van der Waals surface area contributed by atoms with E-state index in [0.29, 0.717) is 49.4 Å². The van der Waals surface area contributed by atoms with Crippen LogP contribution in [0.25, 0.3) is 22.0 Å². The van der Waals surface area contributed by atoms with Crippen molar-refractivity contribution in [1.29, 1.82) is 5.26 Å². The summed E-state index contributed by atoms with van der Waals surface area (Å²) in [5.41, 5.74) is 3.88. The number of nitriles is 1. The number of piperazine rings is 1. The molecule has 0 radical (unpaired) electrons. The fraction of sp³-hybridized carbons (Fsp3) is 0.259. The molecule has 37 heavy (non-hydrogen) atoms. The third-order valence-corrected chi connectivity index (χ3v) is 6.97. The van der Waals surface area contributed by atoms with Crippen molar-refractivity contribution >= 4 is 45.5 Å². The van der Waals surface area contributed by atoms with Crippen LogP contribution in [0, 0.1) is 11.3 Å². The fourth-order valence-electron chi connectivity index (χ4n) is 4.44. The van der Waals surface area contributed by atoms with Crippen LogP contribution in [0.1, 0.15) is 11.3 Å². The number of anilines is 2. The van der Waals surface area contributed by atoms with Crippen LogP contribution >= 0.6 is 23.2 Å². The molecule has 2 aromatic carbocycles. The second-order valence-electron chi connectivity index (χ2n) is 8.65. The van der Waals surface area contributed by atoms with Gasteiger partial charge in [0.05, 0.1) is 59.5 Å². The predicted octanol–water partition coefficient (Wildman–Crippen LogP) is 5.84. The summed E-state index contributed by atoms with van der Waals surface area (Å²) in [4.78, 5) is 6.90. The van der Waals surface area contributed by atoms with E-state index in [0.717, 1.165) is 49.6 Å². The highest BCUT2D eigenvalue weighted by molar-refractivity contribution is 6.37. The lowest BCUT2D eigenvalue weighted by Gasteiger charge is -2.26. The number of pyridine rings is 1. The molecule has 0 saturated carbocycles. The van der Waals surface area contributed by atoms with Crippen LogP contribution in [-0.4, -0.2) is 50.3 Å². The zero-order valence-electron chi connectivity index (χ0n) is 20.4. The molecule has 190 valence electrons. The number of methoxy groups -OCH3 is 2. The van der Waals surface area contributed by atoms with Crippen molar-refractivity contribution in [1.82, 2.24) is 15.2 Å². The number of halogens is 2. The van der Waals surface area contributed by atoms with Gasteiger partial charge in [0.2, 0.25) is 0 Å². The maximum atomic E-state index is 9.81. The molecule has 0 spiro atoms. The van der Waals surface area contributed by atoms with E-state index in [2.05, 4.69) is 26.6 Å². The molecule has 10 heteroatoms. The second-order valence-corrected chi connectivity index (χ2v) is 9.46. The van der Waals surface area contributed by atoms with Crippen molar-refractivity contribution in [3.05, 3.63) is 64.2 Å². The maximum Gasteiger partial charge on any atom is 0.139 e. The van der Waals surface area contributed by atoms with Crippen molar-refractivity contribution in [3.63, 3.8) is 0 Å². The van der Waals surface area contributed by atoms with E-state index in [1.54, 1.807) is 25.5 Å². The van der Waals surface area contributed by atoms with Crippen LogP contribution in [0.5, 0.6) is 11.5 Å². The Morgan fingerprint density at radius 2 is 1.86 bits per heavy atom. The number of hydrogen-bond acceptors (Lipinski definition) is 8. The number of furan rings is 1. The molecule has 0 amide bonds. The Morgan fingerprint density at radius 1 is 1.08 bits per heavy atom. The minimum atomic E-state index is 0.355. The maximum absolute atomic E-state index is 9.81. The van der Waals surface area contributed by atoms with E-state index < -0.39 is 0 Å². The van der Waals surface area contributed by atoms with Crippen molar-refractivity contribution in [2.45, 2.75) is 6.54 Å². The lowest BCUT2D eigenvalue weighted by atomic mass is 10.0. The van der Waals surface area contributed by atoms with Gasteiger partial charge in [-0.15, -0.1) is 0 Å². The Balaban J connectivity index is 1.54. The van der Waals surface area contributed by atoms with E-state index in [9.17, 15) is 5.26 Å². The standard InChI is InChI=1S/C27H25Cl2N5O3/c1-35-25-9-20-23(8-19(25)16-7-18(37-15-16)14-34-5-3-31-4-6-34)32-13-17(12-30)27(20)33-24-11-26(36-2)22(29)10-21(24)28/h7-11,13,15,31H,3-6,14H2,1-2H3,(H,32,33). The molecule has 3 heterocycles. The van der Waals surface area contributed by atoms with Gasteiger partial charge in [-0.2, -0.15) is 5.26 Å². The molecule has 0 unspecified atom stereocenters. The van der Waals surface area contributed by atoms with Gasteiger partial charge in [0, 0.05) is 55.0 Å². The minimum Gasteiger partial charge on any atom is -0.496 e. The van der Waals surface area contributed by atoms with Crippen LogP contribution in [0.2, 0.25) is 10.0 Å². The van der Waals surface area contributed by atoms with Crippen LogP contribution in [-0.2, 0) is 6.54 Å². The number of rotatable bonds is 7. The number of fused-ring (bicyclic) bond motifs is 1. The van der Waals surface area contributed by atoms with Gasteiger partial charge in [0.25, 0.3) is 0 Å². The quantitative estimate of drug-likeness (QED) is 0.303. The average Bonchev–Trinajstić information content (AvgIpc) is 3.38. The van der Waals surface area contributed by atoms with Gasteiger partial charge in [0.15, 0.2) is 0 Å². The molecule has 5 rings (SSSR count). The molecular weight excluding hydrogens is 513 g/mol. The normalized spacial score (nSPS) is 13.9. The highest BCUT2D eigenvalue weighted by Crippen LogP contribution is 2.41. The smallest absolute Gasteiger partial charge is 0.139 e. The van der Waals surface area contributed by atoms with Gasteiger partial charge >= 0.3 is 0 Å². The van der Waals surface area contributed by atoms with E-state index >= 15 is 0 Å². The van der Waals surface area contributed by atoms with Crippen LogP contribution in [0.4, 0.5) is 11.4 Å². The first kappa shape index (κ1) is 25.2. The first-order chi connectivity index (χ1) is 18.0. The molecule has 0 bridgehead atoms. The number of benzene rings is 2. The summed E-state index contributed by atoms with van der Waals surface area (Å²) < 4.78 is 17.0. The van der Waals surface area contributed by atoms with Gasteiger partial charge in [-0.3, -0.25) is 9.88 Å². The van der Waals surface area contributed by atoms with E-state index in [4.69, 9.17) is 37.1 Å². The van der Waals surface area contributed by atoms with E-state index in [-0.39, 0.29) is 0 Å². The molecule has 1 aliphatic heterocycles. The lowest BCUT2D eigenvalue weighted by molar-refractivity contribution is 0.216. The van der Waals surface area contributed by atoms with Gasteiger partial charge < -0.3 is 24.5 Å². The zero-order valence-corrected chi connectivity index (χ0v) is 21.9. The van der Waals surface area contributed by atoms with E-state index in [1.165, 1.54) is 13.3 Å². The third kappa shape index (κ3) is 5.17. The summed E-state index contributed by atoms with van der Waals surface area (Å²) in [6, 6.07) is 11.3. The molecule has 0 aliphatic carbocycles. The first-order valence-corrected chi connectivity index (χ1v) is 12.5. The molecular formula is C27H25Cl2N5O3. The molecule has 8 nitrogen and oxygen atoms in total. The fourth-order valence-corrected chi connectivity index (χ4v) is 4.95. The molecule has 0 atom stereocenters. The number of hydrogen-bond donors (Lipinski definition) is 2. The highest BCUT2D eigenvalue weighted by atomic mass is 35.5. The SMILES string of the molecule is COc1cc(Nc2c(C#N)cnc3cc(-c4coc(CN5CCNCC5)c4)c(OC)cc23)c(Cl)cc1Cl. The minimum absolute atomic E-state index is 0.355. The third-order valence-electron chi connectivity index (χ3n) is 6.36. The van der Waals surface area contributed by atoms with Crippen LogP contribution < -0.4 is 20.1 Å². The van der Waals surface area contributed by atoms with Gasteiger partial charge in [-0.1, -0.05) is 23.2 Å². The number of aromatic nitrogens is 1. The lowest BCUT2D eigenvalue weighted by Crippen LogP contribution is -2.42. The highest BCUT2D eigenvalue weighted by Gasteiger charge is 2.19. The number of ether oxygens (including phenoxy) is 2. The zero-order chi connectivity index (χ0) is 25.9. The molecule has 2 N–H and O–H groups in total. The molecule has 1 aliphatic rings. The predicted molar refractivity (Wildman–Crippen MR) is 145 cm³/mol. The summed E-state index contributed by atoms with van der Waals surface area (Å²) in [5, 5.41) is 17.9. The Labute approximate surface area is 224 Å². The summed E-state index contributed by atoms with van der Waals surface area (Å²) >= 11 is 12.6. The number of nitrogens with zero attached hydrogens (tertiary/aromatic N) is 3. The molecule has 4 aromatic rings. The van der Waals surface area contributed by atoms with Gasteiger partial charge in [0.1, 0.15) is 23.3 Å². The molecule has 1 saturated heterocycles. The van der Waals surface area contributed by atoms with Crippen LogP contribution in [0.3, 0.4) is 0 Å². The first-order valence-electron chi connectivity index (χ1n) is 11.7. The van der Waals surface area contributed by atoms with Gasteiger partial charge in [-0.25, -0.2) is 0 Å². The van der Waals surface area contributed by atoms with E-state index in [1.807, 2.05) is 18.2 Å². The van der Waals surface area contributed by atoms with Crippen molar-refractivity contribution < 1.29 is 13.9 Å². The second kappa shape index (κ2) is 10.9. The summed E-state index contributed by atoms with van der Waals surface area (Å²) in [6.07, 6.45) is 3.27. The Hall–Kier alpha value is -3.48. The van der Waals surface area contributed by atoms with Crippen LogP contribution in [0.15, 0.2) is 47.2 Å². The Morgan fingerprint density at radius 3 is 2.59 bits per heavy atom. The topological polar surface area (TPSA) is 95.6 Å². The summed E-state index contributed by atoms with van der Waals surface area (Å²) in [6.45, 7) is 4.68. The molecule has 1 fully saturated rings. The average molecular weight is 538 g/mol. The summed E-state index contributed by atoms with van der Waals surface area (Å²) in [7, 11) is 3.14. The Kier molecular flexibility index (Phi) is 7.40. The van der Waals surface area contributed by atoms with Crippen molar-refractivity contribution in [3.8, 4) is 28.7 Å². The van der Waals surface area contributed by atoms with Crippen molar-refractivity contribution in [2.75, 3.05) is 45.7 Å².